The van der Waals surface area contributed by atoms with Crippen LogP contribution in [0.1, 0.15) is 35.0 Å². The molecule has 0 unspecified atom stereocenters. The van der Waals surface area contributed by atoms with Crippen LogP contribution in [-0.4, -0.2) is 80.4 Å². The summed E-state index contributed by atoms with van der Waals surface area (Å²) in [5.74, 6) is -0.968. The number of methoxy groups -OCH3 is 1. The van der Waals surface area contributed by atoms with Gasteiger partial charge in [-0.1, -0.05) is 6.07 Å². The molecule has 14 heteroatoms. The number of benzene rings is 1. The van der Waals surface area contributed by atoms with Gasteiger partial charge in [0.2, 0.25) is 26.0 Å². The molecule has 1 spiro atoms. The molecule has 3 heterocycles. The van der Waals surface area contributed by atoms with Crippen LogP contribution in [0.25, 0.3) is 0 Å². The van der Waals surface area contributed by atoms with Crippen molar-refractivity contribution in [3.8, 4) is 5.75 Å². The van der Waals surface area contributed by atoms with Gasteiger partial charge in [-0.2, -0.15) is 0 Å². The molecule has 2 aliphatic rings. The zero-order chi connectivity index (χ0) is 27.4. The van der Waals surface area contributed by atoms with Crippen LogP contribution in [0.4, 0.5) is 4.39 Å². The van der Waals surface area contributed by atoms with Crippen molar-refractivity contribution in [1.82, 2.24) is 13.6 Å². The maximum absolute atomic E-state index is 15.4. The van der Waals surface area contributed by atoms with Crippen LogP contribution in [0.3, 0.4) is 0 Å². The van der Waals surface area contributed by atoms with E-state index in [2.05, 4.69) is 9.98 Å². The lowest BCUT2D eigenvalue weighted by molar-refractivity contribution is 0.0988. The molecule has 1 fully saturated rings. The Kier molecular flexibility index (Phi) is 6.57. The Hall–Kier alpha value is -3.10. The Morgan fingerprint density at radius 1 is 1.27 bits per heavy atom. The van der Waals surface area contributed by atoms with Gasteiger partial charge in [0.05, 0.1) is 19.6 Å². The summed E-state index contributed by atoms with van der Waals surface area (Å²) >= 11 is 0. The first kappa shape index (κ1) is 26.9. The Morgan fingerprint density at radius 2 is 1.97 bits per heavy atom. The summed E-state index contributed by atoms with van der Waals surface area (Å²) in [5, 5.41) is 0. The molecule has 2 aromatic rings. The summed E-state index contributed by atoms with van der Waals surface area (Å²) in [6.07, 6.45) is 2.12. The van der Waals surface area contributed by atoms with Crippen molar-refractivity contribution in [1.29, 1.82) is 0 Å². The molecule has 0 saturated carbocycles. The molecule has 0 radical (unpaired) electrons. The molecule has 2 N–H and O–H groups in total. The summed E-state index contributed by atoms with van der Waals surface area (Å²) in [4.78, 5) is 21.4. The third-order valence-corrected chi connectivity index (χ3v) is 11.1. The summed E-state index contributed by atoms with van der Waals surface area (Å²) in [6.45, 7) is 0.926. The van der Waals surface area contributed by atoms with Gasteiger partial charge in [0.15, 0.2) is 5.78 Å². The van der Waals surface area contributed by atoms with E-state index in [9.17, 15) is 21.6 Å². The van der Waals surface area contributed by atoms with E-state index in [1.54, 1.807) is 6.07 Å². The first-order chi connectivity index (χ1) is 17.2. The highest BCUT2D eigenvalue weighted by Crippen LogP contribution is 2.52. The van der Waals surface area contributed by atoms with Crippen LogP contribution in [0, 0.1) is 5.82 Å². The van der Waals surface area contributed by atoms with Crippen molar-refractivity contribution < 1.29 is 30.8 Å². The third-order valence-electron chi connectivity index (χ3n) is 7.25. The van der Waals surface area contributed by atoms with E-state index in [0.717, 1.165) is 20.9 Å². The predicted molar refractivity (Wildman–Crippen MR) is 135 cm³/mol. The zero-order valence-electron chi connectivity index (χ0n) is 20.8. The summed E-state index contributed by atoms with van der Waals surface area (Å²) in [5.41, 5.74) is 4.67. The van der Waals surface area contributed by atoms with Crippen molar-refractivity contribution >= 4 is 31.8 Å². The highest BCUT2D eigenvalue weighted by atomic mass is 32.2. The number of Topliss-reactive ketones (excluding diaryl/α,β-unsaturated/α-hetero) is 1. The van der Waals surface area contributed by atoms with Gasteiger partial charge in [0.1, 0.15) is 27.5 Å². The van der Waals surface area contributed by atoms with Gasteiger partial charge in [-0.3, -0.25) is 4.79 Å². The lowest BCUT2D eigenvalue weighted by Gasteiger charge is -2.48. The van der Waals surface area contributed by atoms with Crippen LogP contribution < -0.4 is 10.5 Å². The van der Waals surface area contributed by atoms with Crippen molar-refractivity contribution in [2.45, 2.75) is 30.1 Å². The Morgan fingerprint density at radius 3 is 2.54 bits per heavy atom. The number of aromatic nitrogens is 1. The number of nitrogens with zero attached hydrogens (tertiary/aromatic N) is 4. The number of rotatable bonds is 6. The Bertz CT molecular complexity index is 1500. The smallest absolute Gasteiger partial charge is 0.247 e. The number of hydrogen-bond donors (Lipinski definition) is 1. The maximum atomic E-state index is 15.4. The molecule has 200 valence electrons. The number of pyridine rings is 1. The van der Waals surface area contributed by atoms with E-state index in [1.807, 2.05) is 0 Å². The quantitative estimate of drug-likeness (QED) is 0.517. The average molecular weight is 554 g/mol. The molecule has 4 rings (SSSR count). The van der Waals surface area contributed by atoms with Crippen LogP contribution >= 0.6 is 0 Å². The van der Waals surface area contributed by atoms with Gasteiger partial charge in [-0.05, 0) is 43.2 Å². The molecule has 1 saturated heterocycles. The van der Waals surface area contributed by atoms with E-state index in [4.69, 9.17) is 10.5 Å². The van der Waals surface area contributed by atoms with E-state index >= 15 is 4.39 Å². The number of halogens is 1. The number of sulfonamides is 2. The predicted octanol–water partition coefficient (Wildman–Crippen LogP) is 0.864. The SMILES string of the molecule is COc1ccc(C(=O)Cc2ccc(F)c([C@@]3(C)N=C(N)N(C)S(=O)(=O)[C@]34CCN(S(C)(=O)=O)C4)c2)nc1. The fourth-order valence-corrected chi connectivity index (χ4v) is 8.08. The van der Waals surface area contributed by atoms with Gasteiger partial charge >= 0.3 is 0 Å². The molecule has 1 aromatic heterocycles. The molecule has 0 aliphatic carbocycles. The second-order valence-corrected chi connectivity index (χ2v) is 13.6. The highest BCUT2D eigenvalue weighted by molar-refractivity contribution is 7.91. The summed E-state index contributed by atoms with van der Waals surface area (Å²) in [7, 11) is -5.33. The number of carbonyl (C=O) groups is 1. The number of nitrogens with two attached hydrogens (primary N) is 1. The second-order valence-electron chi connectivity index (χ2n) is 9.35. The van der Waals surface area contributed by atoms with Crippen molar-refractivity contribution in [3.63, 3.8) is 0 Å². The molecular weight excluding hydrogens is 525 g/mol. The molecule has 11 nitrogen and oxygen atoms in total. The molecule has 1 aromatic carbocycles. The van der Waals surface area contributed by atoms with Crippen LogP contribution in [0.15, 0.2) is 41.5 Å². The minimum Gasteiger partial charge on any atom is -0.495 e. The lowest BCUT2D eigenvalue weighted by Crippen LogP contribution is -2.66. The van der Waals surface area contributed by atoms with Crippen LogP contribution in [0.2, 0.25) is 0 Å². The molecule has 37 heavy (non-hydrogen) atoms. The number of aliphatic imine (C=N–C) groups is 1. The first-order valence-corrected chi connectivity index (χ1v) is 14.6. The minimum absolute atomic E-state index is 0.0835. The molecule has 2 atom stereocenters. The third kappa shape index (κ3) is 4.26. The Labute approximate surface area is 215 Å². The number of ether oxygens (including phenoxy) is 1. The van der Waals surface area contributed by atoms with E-state index in [1.165, 1.54) is 45.5 Å². The normalized spacial score (nSPS) is 25.8. The summed E-state index contributed by atoms with van der Waals surface area (Å²) < 4.78 is 72.7. The largest absolute Gasteiger partial charge is 0.495 e. The van der Waals surface area contributed by atoms with Gasteiger partial charge in [-0.25, -0.2) is 39.8 Å². The Balaban J connectivity index is 1.81. The van der Waals surface area contributed by atoms with Gasteiger partial charge in [0, 0.05) is 32.1 Å². The van der Waals surface area contributed by atoms with Gasteiger partial charge in [0.25, 0.3) is 0 Å². The number of guanidine groups is 1. The van der Waals surface area contributed by atoms with E-state index in [0.29, 0.717) is 11.3 Å². The number of ketones is 1. The highest BCUT2D eigenvalue weighted by Gasteiger charge is 2.66. The van der Waals surface area contributed by atoms with Crippen molar-refractivity contribution in [3.05, 3.63) is 59.2 Å². The molecular formula is C23H28FN5O6S2. The fourth-order valence-electron chi connectivity index (χ4n) is 4.98. The van der Waals surface area contributed by atoms with Gasteiger partial charge < -0.3 is 10.5 Å². The topological polar surface area (TPSA) is 152 Å². The molecule has 0 amide bonds. The average Bonchev–Trinajstić information content (AvgIpc) is 3.32. The van der Waals surface area contributed by atoms with Crippen LogP contribution in [0.5, 0.6) is 5.75 Å². The monoisotopic (exact) mass is 553 g/mol. The lowest BCUT2D eigenvalue weighted by atomic mass is 9.77. The van der Waals surface area contributed by atoms with E-state index in [-0.39, 0.29) is 42.4 Å². The van der Waals surface area contributed by atoms with E-state index < -0.39 is 42.7 Å². The summed E-state index contributed by atoms with van der Waals surface area (Å²) in [6, 6.07) is 7.05. The number of carbonyl (C=O) groups excluding carboxylic acids is 1. The standard InChI is InChI=1S/C23H28FN5O6S2/c1-22(23(9-10-29(14-23)36(4,31)32)37(33,34)28(2)21(25)27-22)17-11-15(5-7-18(17)24)12-20(30)19-8-6-16(35-3)13-26-19/h5-8,11,13H,9-10,12,14H2,1-4H3,(H2,25,27)/t22-,23+/m1/s1. The minimum atomic E-state index is -4.29. The second kappa shape index (κ2) is 9.03. The van der Waals surface area contributed by atoms with Crippen molar-refractivity contribution in [2.24, 2.45) is 10.7 Å². The molecule has 2 aliphatic heterocycles. The van der Waals surface area contributed by atoms with Crippen LogP contribution in [-0.2, 0) is 32.0 Å². The van der Waals surface area contributed by atoms with Gasteiger partial charge in [-0.15, -0.1) is 0 Å². The van der Waals surface area contributed by atoms with Crippen molar-refractivity contribution in [2.75, 3.05) is 33.5 Å². The maximum Gasteiger partial charge on any atom is 0.247 e. The molecule has 0 bridgehead atoms. The first-order valence-electron chi connectivity index (χ1n) is 11.3. The number of hydrogen-bond acceptors (Lipinski definition) is 9. The fraction of sp³-hybridized carbons (Fsp3) is 0.435. The zero-order valence-corrected chi connectivity index (χ0v) is 22.4.